The van der Waals surface area contributed by atoms with Gasteiger partial charge in [-0.2, -0.15) is 0 Å². The van der Waals surface area contributed by atoms with Crippen LogP contribution in [0.5, 0.6) is 0 Å². The smallest absolute Gasteiger partial charge is 0.201 e. The first-order valence-electron chi connectivity index (χ1n) is 5.77. The van der Waals surface area contributed by atoms with E-state index in [1.54, 1.807) is 0 Å². The van der Waals surface area contributed by atoms with Gasteiger partial charge in [0.25, 0.3) is 0 Å². The van der Waals surface area contributed by atoms with Crippen molar-refractivity contribution in [1.29, 1.82) is 0 Å². The standard InChI is InChI=1S/C12H17N3O2S/c1-9-4-5-11-10(8-9)14-12(13)15(11)6-3-7-18(2,16)17/h4-5,8H,3,6-7H2,1-2H3,(H2,13,14). The molecule has 5 nitrogen and oxygen atoms in total. The number of sulfone groups is 1. The molecule has 1 aromatic heterocycles. The van der Waals surface area contributed by atoms with Gasteiger partial charge in [0, 0.05) is 12.8 Å². The number of anilines is 1. The zero-order valence-corrected chi connectivity index (χ0v) is 11.4. The molecule has 1 heterocycles. The summed E-state index contributed by atoms with van der Waals surface area (Å²) in [6, 6.07) is 5.93. The lowest BCUT2D eigenvalue weighted by atomic mass is 10.2. The van der Waals surface area contributed by atoms with Gasteiger partial charge in [-0.15, -0.1) is 0 Å². The Bertz CT molecular complexity index is 674. The van der Waals surface area contributed by atoms with Gasteiger partial charge < -0.3 is 10.3 Å². The van der Waals surface area contributed by atoms with Gasteiger partial charge >= 0.3 is 0 Å². The highest BCUT2D eigenvalue weighted by Crippen LogP contribution is 2.19. The number of fused-ring (bicyclic) bond motifs is 1. The van der Waals surface area contributed by atoms with E-state index in [1.165, 1.54) is 6.26 Å². The Morgan fingerprint density at radius 1 is 1.39 bits per heavy atom. The first-order chi connectivity index (χ1) is 8.37. The Kier molecular flexibility index (Phi) is 3.30. The summed E-state index contributed by atoms with van der Waals surface area (Å²) in [5.41, 5.74) is 8.79. The third-order valence-corrected chi connectivity index (χ3v) is 3.86. The molecule has 0 saturated heterocycles. The summed E-state index contributed by atoms with van der Waals surface area (Å²) in [6.07, 6.45) is 1.79. The van der Waals surface area contributed by atoms with E-state index >= 15 is 0 Å². The molecule has 0 aliphatic rings. The van der Waals surface area contributed by atoms with Gasteiger partial charge in [-0.3, -0.25) is 0 Å². The van der Waals surface area contributed by atoms with Gasteiger partial charge in [0.2, 0.25) is 5.95 Å². The van der Waals surface area contributed by atoms with Crippen LogP contribution in [0.15, 0.2) is 18.2 Å². The van der Waals surface area contributed by atoms with Gasteiger partial charge in [-0.25, -0.2) is 13.4 Å². The lowest BCUT2D eigenvalue weighted by Crippen LogP contribution is -2.09. The molecule has 0 radical (unpaired) electrons. The van der Waals surface area contributed by atoms with Crippen LogP contribution in [-0.4, -0.2) is 30.0 Å². The highest BCUT2D eigenvalue weighted by atomic mass is 32.2. The fraction of sp³-hybridized carbons (Fsp3) is 0.417. The maximum Gasteiger partial charge on any atom is 0.201 e. The van der Waals surface area contributed by atoms with Crippen LogP contribution in [0.4, 0.5) is 5.95 Å². The molecule has 0 unspecified atom stereocenters. The minimum Gasteiger partial charge on any atom is -0.369 e. The van der Waals surface area contributed by atoms with Crippen molar-refractivity contribution >= 4 is 26.8 Å². The molecular formula is C12H17N3O2S. The topological polar surface area (TPSA) is 78.0 Å². The third kappa shape index (κ3) is 2.81. The largest absolute Gasteiger partial charge is 0.369 e. The van der Waals surface area contributed by atoms with Crippen LogP contribution in [0.2, 0.25) is 0 Å². The highest BCUT2D eigenvalue weighted by Gasteiger charge is 2.09. The predicted molar refractivity (Wildman–Crippen MR) is 73.2 cm³/mol. The minimum absolute atomic E-state index is 0.165. The SMILES string of the molecule is Cc1ccc2c(c1)nc(N)n2CCCS(C)(=O)=O. The molecule has 2 aromatic rings. The number of nitrogen functional groups attached to an aromatic ring is 1. The fourth-order valence-electron chi connectivity index (χ4n) is 1.98. The molecule has 18 heavy (non-hydrogen) atoms. The Morgan fingerprint density at radius 3 is 2.78 bits per heavy atom. The molecule has 0 bridgehead atoms. The second kappa shape index (κ2) is 4.61. The van der Waals surface area contributed by atoms with Crippen molar-refractivity contribution in [3.8, 4) is 0 Å². The molecule has 6 heteroatoms. The Hall–Kier alpha value is -1.56. The van der Waals surface area contributed by atoms with Crippen LogP contribution in [0, 0.1) is 6.92 Å². The summed E-state index contributed by atoms with van der Waals surface area (Å²) >= 11 is 0. The number of nitrogens with zero attached hydrogens (tertiary/aromatic N) is 2. The second-order valence-electron chi connectivity index (χ2n) is 4.60. The molecule has 0 aliphatic heterocycles. The van der Waals surface area contributed by atoms with Crippen LogP contribution in [0.25, 0.3) is 11.0 Å². The van der Waals surface area contributed by atoms with Crippen molar-refractivity contribution in [2.24, 2.45) is 0 Å². The summed E-state index contributed by atoms with van der Waals surface area (Å²) < 4.78 is 24.1. The lowest BCUT2D eigenvalue weighted by molar-refractivity contribution is 0.594. The van der Waals surface area contributed by atoms with Crippen molar-refractivity contribution in [3.05, 3.63) is 23.8 Å². The molecule has 0 atom stereocenters. The van der Waals surface area contributed by atoms with Crippen molar-refractivity contribution in [2.75, 3.05) is 17.7 Å². The summed E-state index contributed by atoms with van der Waals surface area (Å²) in [5, 5.41) is 0. The first kappa shape index (κ1) is 12.9. The van der Waals surface area contributed by atoms with E-state index in [4.69, 9.17) is 5.73 Å². The monoisotopic (exact) mass is 267 g/mol. The number of rotatable bonds is 4. The number of hydrogen-bond donors (Lipinski definition) is 1. The average molecular weight is 267 g/mol. The minimum atomic E-state index is -2.92. The molecular weight excluding hydrogens is 250 g/mol. The average Bonchev–Trinajstić information content (AvgIpc) is 2.52. The Labute approximate surface area is 107 Å². The molecule has 2 N–H and O–H groups in total. The van der Waals surface area contributed by atoms with E-state index in [-0.39, 0.29) is 5.75 Å². The summed E-state index contributed by atoms with van der Waals surface area (Å²) in [6.45, 7) is 2.57. The van der Waals surface area contributed by atoms with Crippen molar-refractivity contribution in [3.63, 3.8) is 0 Å². The number of imidazole rings is 1. The van der Waals surface area contributed by atoms with Crippen LogP contribution < -0.4 is 5.73 Å². The maximum atomic E-state index is 11.1. The summed E-state index contributed by atoms with van der Waals surface area (Å²) in [7, 11) is -2.92. The second-order valence-corrected chi connectivity index (χ2v) is 6.86. The zero-order chi connectivity index (χ0) is 13.3. The number of aromatic nitrogens is 2. The molecule has 0 spiro atoms. The van der Waals surface area contributed by atoms with Gasteiger partial charge in [0.05, 0.1) is 16.8 Å². The molecule has 98 valence electrons. The molecule has 0 saturated carbocycles. The van der Waals surface area contributed by atoms with Gasteiger partial charge in [-0.1, -0.05) is 6.07 Å². The van der Waals surface area contributed by atoms with E-state index in [1.807, 2.05) is 29.7 Å². The normalized spacial score (nSPS) is 12.1. The van der Waals surface area contributed by atoms with E-state index < -0.39 is 9.84 Å². The first-order valence-corrected chi connectivity index (χ1v) is 7.83. The predicted octanol–water partition coefficient (Wildman–Crippen LogP) is 1.36. The third-order valence-electron chi connectivity index (χ3n) is 2.83. The summed E-state index contributed by atoms with van der Waals surface area (Å²) in [5.74, 6) is 0.599. The van der Waals surface area contributed by atoms with Crippen LogP contribution in [0.3, 0.4) is 0 Å². The number of benzene rings is 1. The quantitative estimate of drug-likeness (QED) is 0.907. The highest BCUT2D eigenvalue weighted by molar-refractivity contribution is 7.90. The fourth-order valence-corrected chi connectivity index (χ4v) is 2.63. The maximum absolute atomic E-state index is 11.1. The van der Waals surface area contributed by atoms with Gasteiger partial charge in [0.15, 0.2) is 0 Å². The van der Waals surface area contributed by atoms with E-state index in [9.17, 15) is 8.42 Å². The molecule has 1 aromatic carbocycles. The number of nitrogens with two attached hydrogens (primary N) is 1. The molecule has 2 rings (SSSR count). The zero-order valence-electron chi connectivity index (χ0n) is 10.5. The molecule has 0 amide bonds. The molecule has 0 aliphatic carbocycles. The van der Waals surface area contributed by atoms with Crippen molar-refractivity contribution < 1.29 is 8.42 Å². The van der Waals surface area contributed by atoms with E-state index in [0.717, 1.165) is 16.6 Å². The van der Waals surface area contributed by atoms with Crippen LogP contribution in [0.1, 0.15) is 12.0 Å². The Balaban J connectivity index is 2.25. The number of aryl methyl sites for hydroxylation is 2. The van der Waals surface area contributed by atoms with Crippen LogP contribution >= 0.6 is 0 Å². The number of hydrogen-bond acceptors (Lipinski definition) is 4. The van der Waals surface area contributed by atoms with Crippen molar-refractivity contribution in [2.45, 2.75) is 19.9 Å². The van der Waals surface area contributed by atoms with Gasteiger partial charge in [-0.05, 0) is 31.0 Å². The van der Waals surface area contributed by atoms with Crippen LogP contribution in [-0.2, 0) is 16.4 Å². The van der Waals surface area contributed by atoms with E-state index in [2.05, 4.69) is 4.98 Å². The van der Waals surface area contributed by atoms with Gasteiger partial charge in [0.1, 0.15) is 9.84 Å². The lowest BCUT2D eigenvalue weighted by Gasteiger charge is -2.05. The van der Waals surface area contributed by atoms with E-state index in [0.29, 0.717) is 18.9 Å². The van der Waals surface area contributed by atoms with Crippen molar-refractivity contribution in [1.82, 2.24) is 9.55 Å². The Morgan fingerprint density at radius 2 is 2.11 bits per heavy atom. The molecule has 0 fully saturated rings. The summed E-state index contributed by atoms with van der Waals surface area (Å²) in [4.78, 5) is 4.28.